The van der Waals surface area contributed by atoms with Crippen molar-refractivity contribution in [2.75, 3.05) is 7.11 Å². The van der Waals surface area contributed by atoms with Crippen LogP contribution >= 0.6 is 0 Å². The second kappa shape index (κ2) is 6.60. The van der Waals surface area contributed by atoms with Gasteiger partial charge in [0.1, 0.15) is 11.6 Å². The van der Waals surface area contributed by atoms with Crippen LogP contribution in [0.3, 0.4) is 0 Å². The van der Waals surface area contributed by atoms with Gasteiger partial charge in [-0.2, -0.15) is 0 Å². The molecule has 0 radical (unpaired) electrons. The lowest BCUT2D eigenvalue weighted by Crippen LogP contribution is -2.04. The second-order valence-corrected chi connectivity index (χ2v) is 4.70. The summed E-state index contributed by atoms with van der Waals surface area (Å²) < 4.78 is 18.7. The van der Waals surface area contributed by atoms with Crippen molar-refractivity contribution < 1.29 is 14.2 Å². The van der Waals surface area contributed by atoms with E-state index >= 15 is 0 Å². The molecule has 96 valence electrons. The van der Waals surface area contributed by atoms with Crippen LogP contribution in [0.25, 0.3) is 0 Å². The molecule has 0 fully saturated rings. The Morgan fingerprint density at radius 1 is 1.29 bits per heavy atom. The fourth-order valence-corrected chi connectivity index (χ4v) is 1.88. The Morgan fingerprint density at radius 3 is 2.59 bits per heavy atom. The van der Waals surface area contributed by atoms with E-state index in [9.17, 15) is 9.50 Å². The summed E-state index contributed by atoms with van der Waals surface area (Å²) in [7, 11) is 1.49. The molecule has 0 saturated carbocycles. The first-order chi connectivity index (χ1) is 8.06. The van der Waals surface area contributed by atoms with Crippen molar-refractivity contribution in [3.05, 3.63) is 29.6 Å². The SMILES string of the molecule is COc1cccc(F)c1C(O)CCCC(C)C. The first-order valence-corrected chi connectivity index (χ1v) is 6.06. The van der Waals surface area contributed by atoms with E-state index in [1.54, 1.807) is 12.1 Å². The van der Waals surface area contributed by atoms with Crippen LogP contribution in [0, 0.1) is 11.7 Å². The van der Waals surface area contributed by atoms with Gasteiger partial charge in [0.2, 0.25) is 0 Å². The fraction of sp³-hybridized carbons (Fsp3) is 0.571. The summed E-state index contributed by atoms with van der Waals surface area (Å²) >= 11 is 0. The molecule has 3 heteroatoms. The van der Waals surface area contributed by atoms with E-state index in [2.05, 4.69) is 13.8 Å². The number of methoxy groups -OCH3 is 1. The molecule has 0 saturated heterocycles. The number of benzene rings is 1. The van der Waals surface area contributed by atoms with Gasteiger partial charge in [-0.1, -0.05) is 32.8 Å². The Morgan fingerprint density at radius 2 is 2.00 bits per heavy atom. The van der Waals surface area contributed by atoms with Crippen molar-refractivity contribution in [3.8, 4) is 5.75 Å². The highest BCUT2D eigenvalue weighted by atomic mass is 19.1. The number of hydrogen-bond acceptors (Lipinski definition) is 2. The molecule has 0 bridgehead atoms. The van der Waals surface area contributed by atoms with Gasteiger partial charge in [0, 0.05) is 0 Å². The van der Waals surface area contributed by atoms with Gasteiger partial charge in [0.05, 0.1) is 18.8 Å². The molecule has 1 rings (SSSR count). The molecule has 1 unspecified atom stereocenters. The molecule has 0 amide bonds. The monoisotopic (exact) mass is 240 g/mol. The standard InChI is InChI=1S/C14H21FO2/c1-10(2)6-4-8-12(16)14-11(15)7-5-9-13(14)17-3/h5,7,9-10,12,16H,4,6,8H2,1-3H3. The van der Waals surface area contributed by atoms with Crippen LogP contribution in [0.15, 0.2) is 18.2 Å². The summed E-state index contributed by atoms with van der Waals surface area (Å²) in [5.74, 6) is 0.619. The molecule has 0 spiro atoms. The number of halogens is 1. The maximum Gasteiger partial charge on any atom is 0.132 e. The topological polar surface area (TPSA) is 29.5 Å². The lowest BCUT2D eigenvalue weighted by Gasteiger charge is -2.16. The molecule has 2 nitrogen and oxygen atoms in total. The number of aliphatic hydroxyl groups excluding tert-OH is 1. The first-order valence-electron chi connectivity index (χ1n) is 6.06. The van der Waals surface area contributed by atoms with Gasteiger partial charge in [-0.25, -0.2) is 4.39 Å². The predicted octanol–water partition coefficient (Wildman–Crippen LogP) is 3.69. The van der Waals surface area contributed by atoms with Gasteiger partial charge < -0.3 is 9.84 Å². The number of aliphatic hydroxyl groups is 1. The Kier molecular flexibility index (Phi) is 5.42. The first kappa shape index (κ1) is 14.0. The van der Waals surface area contributed by atoms with Crippen molar-refractivity contribution >= 4 is 0 Å². The van der Waals surface area contributed by atoms with Gasteiger partial charge in [-0.3, -0.25) is 0 Å². The summed E-state index contributed by atoms with van der Waals surface area (Å²) in [6.07, 6.45) is 1.70. The summed E-state index contributed by atoms with van der Waals surface area (Å²) in [4.78, 5) is 0. The van der Waals surface area contributed by atoms with E-state index in [-0.39, 0.29) is 5.56 Å². The van der Waals surface area contributed by atoms with Gasteiger partial charge in [0.15, 0.2) is 0 Å². The molecule has 0 heterocycles. The van der Waals surface area contributed by atoms with Gasteiger partial charge in [-0.15, -0.1) is 0 Å². The van der Waals surface area contributed by atoms with Crippen LogP contribution in [-0.4, -0.2) is 12.2 Å². The van der Waals surface area contributed by atoms with Crippen LogP contribution < -0.4 is 4.74 Å². The molecule has 0 aliphatic rings. The van der Waals surface area contributed by atoms with Crippen LogP contribution in [-0.2, 0) is 0 Å². The summed E-state index contributed by atoms with van der Waals surface area (Å²) in [6.45, 7) is 4.27. The van der Waals surface area contributed by atoms with Crippen LogP contribution in [0.2, 0.25) is 0 Å². The maximum atomic E-state index is 13.6. The van der Waals surface area contributed by atoms with Crippen molar-refractivity contribution in [2.24, 2.45) is 5.92 Å². The lowest BCUT2D eigenvalue weighted by atomic mass is 9.99. The number of hydrogen-bond donors (Lipinski definition) is 1. The molecular formula is C14H21FO2. The van der Waals surface area contributed by atoms with E-state index in [1.165, 1.54) is 13.2 Å². The third-order valence-corrected chi connectivity index (χ3v) is 2.83. The molecule has 1 aromatic rings. The smallest absolute Gasteiger partial charge is 0.132 e. The Hall–Kier alpha value is -1.09. The van der Waals surface area contributed by atoms with Crippen molar-refractivity contribution in [2.45, 2.75) is 39.2 Å². The van der Waals surface area contributed by atoms with E-state index < -0.39 is 11.9 Å². The fourth-order valence-electron chi connectivity index (χ4n) is 1.88. The molecule has 1 N–H and O–H groups in total. The average molecular weight is 240 g/mol. The zero-order chi connectivity index (χ0) is 12.8. The third-order valence-electron chi connectivity index (χ3n) is 2.83. The van der Waals surface area contributed by atoms with Crippen molar-refractivity contribution in [1.29, 1.82) is 0 Å². The number of ether oxygens (including phenoxy) is 1. The third kappa shape index (κ3) is 4.00. The quantitative estimate of drug-likeness (QED) is 0.821. The minimum atomic E-state index is -0.787. The number of rotatable bonds is 6. The van der Waals surface area contributed by atoms with Gasteiger partial charge in [-0.05, 0) is 24.5 Å². The summed E-state index contributed by atoms with van der Waals surface area (Å²) in [5.41, 5.74) is 0.277. The Balaban J connectivity index is 2.70. The highest BCUT2D eigenvalue weighted by Crippen LogP contribution is 2.31. The Labute approximate surface area is 102 Å². The minimum absolute atomic E-state index is 0.277. The van der Waals surface area contributed by atoms with Crippen LogP contribution in [0.4, 0.5) is 4.39 Å². The van der Waals surface area contributed by atoms with Crippen molar-refractivity contribution in [1.82, 2.24) is 0 Å². The van der Waals surface area contributed by atoms with E-state index in [0.29, 0.717) is 18.1 Å². The van der Waals surface area contributed by atoms with E-state index in [1.807, 2.05) is 0 Å². The molecule has 1 aromatic carbocycles. The average Bonchev–Trinajstić information content (AvgIpc) is 2.27. The van der Waals surface area contributed by atoms with Crippen LogP contribution in [0.1, 0.15) is 44.8 Å². The molecule has 17 heavy (non-hydrogen) atoms. The summed E-state index contributed by atoms with van der Waals surface area (Å²) in [5, 5.41) is 10.0. The van der Waals surface area contributed by atoms with Gasteiger partial charge >= 0.3 is 0 Å². The van der Waals surface area contributed by atoms with E-state index in [4.69, 9.17) is 4.74 Å². The van der Waals surface area contributed by atoms with E-state index in [0.717, 1.165) is 12.8 Å². The normalized spacial score (nSPS) is 12.8. The molecule has 0 aliphatic heterocycles. The van der Waals surface area contributed by atoms with Crippen LogP contribution in [0.5, 0.6) is 5.75 Å². The van der Waals surface area contributed by atoms with Crippen molar-refractivity contribution in [3.63, 3.8) is 0 Å². The predicted molar refractivity (Wildman–Crippen MR) is 66.6 cm³/mol. The molecular weight excluding hydrogens is 219 g/mol. The zero-order valence-corrected chi connectivity index (χ0v) is 10.7. The van der Waals surface area contributed by atoms with Gasteiger partial charge in [0.25, 0.3) is 0 Å². The second-order valence-electron chi connectivity index (χ2n) is 4.70. The summed E-state index contributed by atoms with van der Waals surface area (Å²) in [6, 6.07) is 4.60. The Bertz CT molecular complexity index is 350. The molecule has 0 aromatic heterocycles. The zero-order valence-electron chi connectivity index (χ0n) is 10.7. The molecule has 0 aliphatic carbocycles. The highest BCUT2D eigenvalue weighted by molar-refractivity contribution is 5.36. The largest absolute Gasteiger partial charge is 0.496 e. The lowest BCUT2D eigenvalue weighted by molar-refractivity contribution is 0.153. The highest BCUT2D eigenvalue weighted by Gasteiger charge is 2.17. The molecule has 1 atom stereocenters. The minimum Gasteiger partial charge on any atom is -0.496 e. The maximum absolute atomic E-state index is 13.6.